The lowest BCUT2D eigenvalue weighted by atomic mass is 10.1. The fourth-order valence-electron chi connectivity index (χ4n) is 2.25. The van der Waals surface area contributed by atoms with Gasteiger partial charge in [0.2, 0.25) is 0 Å². The molecule has 1 fully saturated rings. The standard InChI is InChI=1S/C16H21NO4/c1-11(2)13-10-21-16(18)17(13)8-7-12-5-6-14(19-3)15(9-12)20-4/h5-9,11,13H,10H2,1-4H3/b8-7+/t13-/m1/s1. The van der Waals surface area contributed by atoms with Crippen molar-refractivity contribution in [2.45, 2.75) is 19.9 Å². The molecule has 1 atom stereocenters. The van der Waals surface area contributed by atoms with Gasteiger partial charge >= 0.3 is 6.09 Å². The number of benzene rings is 1. The van der Waals surface area contributed by atoms with Crippen molar-refractivity contribution in [3.05, 3.63) is 30.0 Å². The summed E-state index contributed by atoms with van der Waals surface area (Å²) in [4.78, 5) is 13.4. The maximum absolute atomic E-state index is 11.7. The lowest BCUT2D eigenvalue weighted by Gasteiger charge is -2.20. The molecule has 0 saturated carbocycles. The minimum absolute atomic E-state index is 0.0777. The molecule has 1 aliphatic rings. The Morgan fingerprint density at radius 2 is 2.00 bits per heavy atom. The minimum atomic E-state index is -0.301. The predicted octanol–water partition coefficient (Wildman–Crippen LogP) is 3.15. The van der Waals surface area contributed by atoms with E-state index in [2.05, 4.69) is 13.8 Å². The third-order valence-electron chi connectivity index (χ3n) is 3.55. The Kier molecular flexibility index (Phi) is 4.73. The van der Waals surface area contributed by atoms with Crippen LogP contribution in [-0.2, 0) is 4.74 Å². The van der Waals surface area contributed by atoms with Gasteiger partial charge in [-0.1, -0.05) is 19.9 Å². The fourth-order valence-corrected chi connectivity index (χ4v) is 2.25. The van der Waals surface area contributed by atoms with E-state index in [0.717, 1.165) is 5.56 Å². The summed E-state index contributed by atoms with van der Waals surface area (Å²) in [7, 11) is 3.19. The topological polar surface area (TPSA) is 48.0 Å². The molecule has 0 spiro atoms. The molecule has 1 aliphatic heterocycles. The van der Waals surface area contributed by atoms with Crippen LogP contribution in [0.4, 0.5) is 4.79 Å². The van der Waals surface area contributed by atoms with Crippen LogP contribution in [-0.4, -0.2) is 37.9 Å². The van der Waals surface area contributed by atoms with Crippen LogP contribution in [0.15, 0.2) is 24.4 Å². The fraction of sp³-hybridized carbons (Fsp3) is 0.438. The summed E-state index contributed by atoms with van der Waals surface area (Å²) in [6.45, 7) is 4.58. The van der Waals surface area contributed by atoms with E-state index in [-0.39, 0.29) is 12.1 Å². The van der Waals surface area contributed by atoms with Gasteiger partial charge in [-0.25, -0.2) is 4.79 Å². The monoisotopic (exact) mass is 291 g/mol. The molecule has 1 saturated heterocycles. The average Bonchev–Trinajstić information content (AvgIpc) is 2.86. The second-order valence-electron chi connectivity index (χ2n) is 5.23. The Balaban J connectivity index is 2.18. The highest BCUT2D eigenvalue weighted by Crippen LogP contribution is 2.28. The molecular weight excluding hydrogens is 270 g/mol. The largest absolute Gasteiger partial charge is 0.493 e. The Morgan fingerprint density at radius 1 is 1.29 bits per heavy atom. The van der Waals surface area contributed by atoms with Gasteiger partial charge in [-0.2, -0.15) is 0 Å². The van der Waals surface area contributed by atoms with Gasteiger partial charge in [0.15, 0.2) is 11.5 Å². The maximum Gasteiger partial charge on any atom is 0.414 e. The number of hydrogen-bond donors (Lipinski definition) is 0. The molecule has 1 aromatic carbocycles. The second kappa shape index (κ2) is 6.52. The summed E-state index contributed by atoms with van der Waals surface area (Å²) in [5.74, 6) is 1.67. The molecule has 1 heterocycles. The molecular formula is C16H21NO4. The molecule has 114 valence electrons. The Bertz CT molecular complexity index is 539. The first kappa shape index (κ1) is 15.2. The van der Waals surface area contributed by atoms with Gasteiger partial charge < -0.3 is 14.2 Å². The highest BCUT2D eigenvalue weighted by atomic mass is 16.6. The van der Waals surface area contributed by atoms with Crippen molar-refractivity contribution in [1.29, 1.82) is 0 Å². The highest BCUT2D eigenvalue weighted by molar-refractivity contribution is 5.73. The number of hydrogen-bond acceptors (Lipinski definition) is 4. The van der Waals surface area contributed by atoms with Gasteiger partial charge in [0.25, 0.3) is 0 Å². The minimum Gasteiger partial charge on any atom is -0.493 e. The van der Waals surface area contributed by atoms with Crippen LogP contribution in [0, 0.1) is 5.92 Å². The summed E-state index contributed by atoms with van der Waals surface area (Å²) in [5.41, 5.74) is 0.926. The molecule has 0 aromatic heterocycles. The zero-order valence-corrected chi connectivity index (χ0v) is 12.8. The molecule has 0 radical (unpaired) electrons. The number of carbonyl (C=O) groups excluding carboxylic acids is 1. The van der Waals surface area contributed by atoms with E-state index in [9.17, 15) is 4.79 Å². The van der Waals surface area contributed by atoms with Crippen LogP contribution in [0.2, 0.25) is 0 Å². The van der Waals surface area contributed by atoms with Gasteiger partial charge in [-0.15, -0.1) is 0 Å². The van der Waals surface area contributed by atoms with Crippen molar-refractivity contribution in [3.63, 3.8) is 0 Å². The van der Waals surface area contributed by atoms with Crippen LogP contribution in [0.3, 0.4) is 0 Å². The first-order chi connectivity index (χ1) is 10.1. The zero-order valence-electron chi connectivity index (χ0n) is 12.8. The van der Waals surface area contributed by atoms with Gasteiger partial charge in [0.05, 0.1) is 20.3 Å². The summed E-state index contributed by atoms with van der Waals surface area (Å²) < 4.78 is 15.6. The summed E-state index contributed by atoms with van der Waals surface area (Å²) in [6, 6.07) is 5.68. The Labute approximate surface area is 125 Å². The smallest absolute Gasteiger partial charge is 0.414 e. The summed E-state index contributed by atoms with van der Waals surface area (Å²) >= 11 is 0. The Morgan fingerprint density at radius 3 is 2.62 bits per heavy atom. The van der Waals surface area contributed by atoms with Crippen molar-refractivity contribution in [3.8, 4) is 11.5 Å². The van der Waals surface area contributed by atoms with Crippen LogP contribution in [0.25, 0.3) is 6.08 Å². The van der Waals surface area contributed by atoms with E-state index in [1.165, 1.54) is 0 Å². The van der Waals surface area contributed by atoms with E-state index < -0.39 is 0 Å². The average molecular weight is 291 g/mol. The van der Waals surface area contributed by atoms with Gasteiger partial charge in [0.1, 0.15) is 6.61 Å². The van der Waals surface area contributed by atoms with Crippen LogP contribution < -0.4 is 9.47 Å². The van der Waals surface area contributed by atoms with Crippen LogP contribution in [0.5, 0.6) is 11.5 Å². The van der Waals surface area contributed by atoms with Crippen molar-refractivity contribution < 1.29 is 19.0 Å². The van der Waals surface area contributed by atoms with Gasteiger partial charge in [0, 0.05) is 6.20 Å². The number of amides is 1. The highest BCUT2D eigenvalue weighted by Gasteiger charge is 2.33. The molecule has 5 heteroatoms. The normalized spacial score (nSPS) is 18.4. The number of carbonyl (C=O) groups is 1. The van der Waals surface area contributed by atoms with E-state index >= 15 is 0 Å². The number of nitrogens with zero attached hydrogens (tertiary/aromatic N) is 1. The molecule has 2 rings (SSSR count). The summed E-state index contributed by atoms with van der Waals surface area (Å²) in [6.07, 6.45) is 3.33. The van der Waals surface area contributed by atoms with Crippen molar-refractivity contribution >= 4 is 12.2 Å². The molecule has 5 nitrogen and oxygen atoms in total. The quantitative estimate of drug-likeness (QED) is 0.836. The molecule has 0 aliphatic carbocycles. The van der Waals surface area contributed by atoms with Crippen molar-refractivity contribution in [2.75, 3.05) is 20.8 Å². The van der Waals surface area contributed by atoms with Crippen LogP contribution >= 0.6 is 0 Å². The van der Waals surface area contributed by atoms with Gasteiger partial charge in [-0.05, 0) is 29.7 Å². The third-order valence-corrected chi connectivity index (χ3v) is 3.55. The zero-order chi connectivity index (χ0) is 15.4. The lowest BCUT2D eigenvalue weighted by molar-refractivity contribution is 0.166. The first-order valence-corrected chi connectivity index (χ1v) is 6.92. The molecule has 0 bridgehead atoms. The molecule has 0 N–H and O–H groups in total. The van der Waals surface area contributed by atoms with E-state index in [4.69, 9.17) is 14.2 Å². The van der Waals surface area contributed by atoms with E-state index in [1.807, 2.05) is 24.3 Å². The molecule has 1 aromatic rings. The predicted molar refractivity (Wildman–Crippen MR) is 80.4 cm³/mol. The third kappa shape index (κ3) is 3.29. The first-order valence-electron chi connectivity index (χ1n) is 6.92. The molecule has 0 unspecified atom stereocenters. The maximum atomic E-state index is 11.7. The number of cyclic esters (lactones) is 1. The van der Waals surface area contributed by atoms with Crippen molar-refractivity contribution in [2.24, 2.45) is 5.92 Å². The number of ether oxygens (including phenoxy) is 3. The SMILES string of the molecule is COc1ccc(/C=C/N2C(=O)OC[C@@H]2C(C)C)cc1OC. The van der Waals surface area contributed by atoms with E-state index in [0.29, 0.717) is 24.0 Å². The molecule has 21 heavy (non-hydrogen) atoms. The van der Waals surface area contributed by atoms with E-state index in [1.54, 1.807) is 25.3 Å². The van der Waals surface area contributed by atoms with Crippen LogP contribution in [0.1, 0.15) is 19.4 Å². The Hall–Kier alpha value is -2.17. The molecule has 1 amide bonds. The number of methoxy groups -OCH3 is 2. The summed E-state index contributed by atoms with van der Waals surface area (Å²) in [5, 5.41) is 0. The van der Waals surface area contributed by atoms with Gasteiger partial charge in [-0.3, -0.25) is 4.90 Å². The number of rotatable bonds is 5. The second-order valence-corrected chi connectivity index (χ2v) is 5.23. The van der Waals surface area contributed by atoms with Crippen molar-refractivity contribution in [1.82, 2.24) is 4.90 Å². The lowest BCUT2D eigenvalue weighted by Crippen LogP contribution is -2.32.